The van der Waals surface area contributed by atoms with Crippen molar-refractivity contribution in [2.24, 2.45) is 5.73 Å². The van der Waals surface area contributed by atoms with Crippen molar-refractivity contribution < 1.29 is 20.4 Å². The van der Waals surface area contributed by atoms with Crippen LogP contribution in [-0.2, 0) is 0 Å². The van der Waals surface area contributed by atoms with E-state index in [9.17, 15) is 0 Å². The summed E-state index contributed by atoms with van der Waals surface area (Å²) in [4.78, 5) is 1.31. The normalized spacial score (nSPS) is 7.87. The Morgan fingerprint density at radius 2 is 1.33 bits per heavy atom. The fourth-order valence-electron chi connectivity index (χ4n) is 0.545. The first kappa shape index (κ1) is 21.6. The summed E-state index contributed by atoms with van der Waals surface area (Å²) in [6, 6.07) is 0. The van der Waals surface area contributed by atoms with E-state index in [0.717, 1.165) is 0 Å². The second-order valence-electron chi connectivity index (χ2n) is 2.06. The molecule has 0 amide bonds. The number of rotatable bonds is 4. The third-order valence-electron chi connectivity index (χ3n) is 1.01. The molecule has 0 aromatic rings. The average molecular weight is 376 g/mol. The third-order valence-corrected chi connectivity index (χ3v) is 1.27. The molecular weight excluding hydrogens is 361 g/mol. The van der Waals surface area contributed by atoms with E-state index in [-0.39, 0.29) is 100 Å². The Kier molecular flexibility index (Phi) is 22.1. The van der Waals surface area contributed by atoms with E-state index >= 15 is 0 Å². The monoisotopic (exact) mass is 376 g/mol. The summed E-state index contributed by atoms with van der Waals surface area (Å²) in [5, 5.41) is 32.3. The Labute approximate surface area is 158 Å². The van der Waals surface area contributed by atoms with Crippen molar-refractivity contribution in [3.05, 3.63) is 0 Å². The Balaban J connectivity index is -0.000000249. The molecule has 0 bridgehead atoms. The van der Waals surface area contributed by atoms with E-state index in [1.807, 2.05) is 0 Å². The first-order valence-corrected chi connectivity index (χ1v) is 4.45. The van der Waals surface area contributed by atoms with Crippen LogP contribution in [0.3, 0.4) is 0 Å². The summed E-state index contributed by atoms with van der Waals surface area (Å²) in [6.07, 6.45) is 0. The van der Waals surface area contributed by atoms with Crippen molar-refractivity contribution >= 4 is 104 Å². The molecule has 0 saturated heterocycles. The second-order valence-corrected chi connectivity index (χ2v) is 2.84. The molecule has 0 fully saturated rings. The van der Waals surface area contributed by atoms with Crippen molar-refractivity contribution in [3.8, 4) is 0 Å². The fraction of sp³-hybridized carbons (Fsp3) is 0.667. The zero-order valence-corrected chi connectivity index (χ0v) is 9.09. The number of aliphatic hydroxyl groups is 4. The third kappa shape index (κ3) is 21.2. The van der Waals surface area contributed by atoms with Gasteiger partial charge in [-0.1, -0.05) is 0 Å². The Bertz CT molecular complexity index is 175. The van der Waals surface area contributed by atoms with Crippen LogP contribution in [0.15, 0.2) is 0 Å². The Morgan fingerprint density at radius 1 is 1.07 bits per heavy atom. The van der Waals surface area contributed by atoms with Gasteiger partial charge in [-0.25, -0.2) is 0 Å². The number of nitrogens with zero attached hydrogens (tertiary/aromatic N) is 1. The van der Waals surface area contributed by atoms with Crippen LogP contribution in [0.1, 0.15) is 0 Å². The molecular formula is C6H15CsN2O4S2. The first-order chi connectivity index (χ1) is 6.45. The van der Waals surface area contributed by atoms with Gasteiger partial charge >= 0.3 is 68.9 Å². The van der Waals surface area contributed by atoms with Crippen molar-refractivity contribution in [1.29, 1.82) is 0 Å². The van der Waals surface area contributed by atoms with E-state index in [0.29, 0.717) is 0 Å². The maximum atomic E-state index is 8.71. The second kappa shape index (κ2) is 15.4. The van der Waals surface area contributed by atoms with Gasteiger partial charge in [0.25, 0.3) is 10.3 Å². The van der Waals surface area contributed by atoms with E-state index < -0.39 is 5.17 Å². The summed E-state index contributed by atoms with van der Waals surface area (Å²) in [6.45, 7) is 0.354. The van der Waals surface area contributed by atoms with E-state index in [1.54, 1.807) is 0 Å². The number of thiocarbonyl (C=S) groups is 2. The molecule has 86 valence electrons. The average Bonchev–Trinajstić information content (AvgIpc) is 2.02. The van der Waals surface area contributed by atoms with Crippen LogP contribution in [-0.4, -0.2) is 131 Å². The van der Waals surface area contributed by atoms with Crippen LogP contribution >= 0.6 is 24.4 Å². The summed E-state index contributed by atoms with van der Waals surface area (Å²) < 4.78 is 0. The molecule has 0 rings (SSSR count). The summed E-state index contributed by atoms with van der Waals surface area (Å²) in [7, 11) is 0. The molecule has 0 aromatic carbocycles. The molecule has 0 heterocycles. The van der Waals surface area contributed by atoms with Gasteiger partial charge in [0.1, 0.15) is 0 Å². The number of hydrogen-bond donors (Lipinski definition) is 5. The molecule has 15 heavy (non-hydrogen) atoms. The van der Waals surface area contributed by atoms with Crippen molar-refractivity contribution in [1.82, 2.24) is 4.90 Å². The van der Waals surface area contributed by atoms with Crippen LogP contribution in [0.2, 0.25) is 0 Å². The first-order valence-electron chi connectivity index (χ1n) is 3.63. The predicted molar refractivity (Wildman–Crippen MR) is 67.5 cm³/mol. The zero-order chi connectivity index (χ0) is 11.6. The molecule has 6 N–H and O–H groups in total. The molecule has 0 spiro atoms. The van der Waals surface area contributed by atoms with Crippen molar-refractivity contribution in [3.63, 3.8) is 0 Å². The Hall–Kier alpha value is 1.35. The summed E-state index contributed by atoms with van der Waals surface area (Å²) in [5.41, 5.74) is 4.40. The molecule has 0 aromatic heterocycles. The summed E-state index contributed by atoms with van der Waals surface area (Å²) in [5.74, 6) is 0. The minimum absolute atomic E-state index is 0. The number of hydrogen-bond acceptors (Lipinski definition) is 4. The van der Waals surface area contributed by atoms with Crippen LogP contribution in [0.4, 0.5) is 0 Å². The van der Waals surface area contributed by atoms with Gasteiger partial charge in [0.2, 0.25) is 0 Å². The molecule has 9 heteroatoms. The van der Waals surface area contributed by atoms with Crippen LogP contribution < -0.4 is 5.73 Å². The van der Waals surface area contributed by atoms with E-state index in [2.05, 4.69) is 30.2 Å². The van der Waals surface area contributed by atoms with Gasteiger partial charge in [0.15, 0.2) is 0 Å². The predicted octanol–water partition coefficient (Wildman–Crippen LogP) is -1.74. The van der Waals surface area contributed by atoms with Gasteiger partial charge in [0, 0.05) is 13.1 Å². The van der Waals surface area contributed by atoms with Gasteiger partial charge < -0.3 is 31.1 Å². The van der Waals surface area contributed by atoms with E-state index in [4.69, 9.17) is 20.4 Å². The summed E-state index contributed by atoms with van der Waals surface area (Å²) >= 11 is 8.28. The SMILES string of the molecule is NC(O)=S.OCCN(CCO)C(O)=S.[CsH]. The fourth-order valence-corrected chi connectivity index (χ4v) is 0.727. The van der Waals surface area contributed by atoms with Crippen molar-refractivity contribution in [2.75, 3.05) is 26.3 Å². The standard InChI is InChI=1S/C5H11NO3S.CH3NOS.Cs.H/c7-3-1-6(2-4-8)5(9)10;2-1(3)4;;/h7-8H,1-4H2,(H,9,10);(H3,2,3,4);;. The van der Waals surface area contributed by atoms with Gasteiger partial charge in [-0.3, -0.25) is 0 Å². The number of nitrogens with two attached hydrogens (primary N) is 1. The van der Waals surface area contributed by atoms with Crippen LogP contribution in [0.5, 0.6) is 0 Å². The molecule has 0 radical (unpaired) electrons. The van der Waals surface area contributed by atoms with Crippen LogP contribution in [0, 0.1) is 0 Å². The molecule has 0 atom stereocenters. The quantitative estimate of drug-likeness (QED) is 0.368. The van der Waals surface area contributed by atoms with Gasteiger partial charge in [-0.15, -0.1) is 0 Å². The topological polar surface area (TPSA) is 110 Å². The maximum absolute atomic E-state index is 8.71. The Morgan fingerprint density at radius 3 is 1.47 bits per heavy atom. The van der Waals surface area contributed by atoms with Gasteiger partial charge in [0.05, 0.1) is 13.2 Å². The van der Waals surface area contributed by atoms with Crippen molar-refractivity contribution in [2.45, 2.75) is 0 Å². The molecule has 0 unspecified atom stereocenters. The van der Waals surface area contributed by atoms with Crippen LogP contribution in [0.25, 0.3) is 0 Å². The molecule has 0 aliphatic carbocycles. The van der Waals surface area contributed by atoms with E-state index in [1.165, 1.54) is 4.90 Å². The molecule has 0 aliphatic rings. The minimum atomic E-state index is -0.500. The zero-order valence-electron chi connectivity index (χ0n) is 7.46. The molecule has 6 nitrogen and oxygen atoms in total. The molecule has 0 aliphatic heterocycles. The van der Waals surface area contributed by atoms with Gasteiger partial charge in [-0.2, -0.15) is 0 Å². The molecule has 0 saturated carbocycles. The van der Waals surface area contributed by atoms with Gasteiger partial charge in [-0.05, 0) is 24.4 Å². The number of aliphatic hydroxyl groups excluding tert-OH is 4.